The molecule has 7 nitrogen and oxygen atoms in total. The number of hydrogen-bond donors (Lipinski definition) is 2. The lowest BCUT2D eigenvalue weighted by molar-refractivity contribution is 0.0659. The van der Waals surface area contributed by atoms with E-state index in [0.29, 0.717) is 17.8 Å². The number of H-pyrrole nitrogens is 1. The minimum absolute atomic E-state index is 0.215. The fourth-order valence-corrected chi connectivity index (χ4v) is 4.38. The Labute approximate surface area is 163 Å². The zero-order valence-electron chi connectivity index (χ0n) is 15.9. The maximum absolute atomic E-state index is 11.1. The lowest BCUT2D eigenvalue weighted by atomic mass is 9.87. The molecule has 2 N–H and O–H groups in total. The monoisotopic (exact) mass is 382 g/mol. The highest BCUT2D eigenvalue weighted by Gasteiger charge is 2.29. The third-order valence-corrected chi connectivity index (χ3v) is 6.01. The minimum atomic E-state index is 0.215. The molecule has 0 radical (unpaired) electrons. The highest BCUT2D eigenvalue weighted by Crippen LogP contribution is 2.37. The van der Waals surface area contributed by atoms with Gasteiger partial charge in [-0.1, -0.05) is 12.1 Å². The Morgan fingerprint density at radius 3 is 2.50 bits per heavy atom. The fourth-order valence-electron chi connectivity index (χ4n) is 4.38. The zero-order chi connectivity index (χ0) is 18.9. The molecule has 2 aliphatic heterocycles. The van der Waals surface area contributed by atoms with Gasteiger partial charge in [-0.2, -0.15) is 9.78 Å². The van der Waals surface area contributed by atoms with Gasteiger partial charge in [0.25, 0.3) is 0 Å². The standard InChI is InChI=1S/C21H26N4O3/c26-20-16(13-14-5-9-27-10-6-14)19(15-7-11-28-12-8-15)24-25(20)21-22-17-3-1-2-4-18(17)23-21/h1-4,14-15,26H,5-13H2,(H,22,23). The van der Waals surface area contributed by atoms with Crippen molar-refractivity contribution in [2.75, 3.05) is 26.4 Å². The molecule has 0 spiro atoms. The summed E-state index contributed by atoms with van der Waals surface area (Å²) in [5, 5.41) is 16.0. The number of hydrogen-bond acceptors (Lipinski definition) is 5. The van der Waals surface area contributed by atoms with Gasteiger partial charge in [0.2, 0.25) is 11.8 Å². The Morgan fingerprint density at radius 2 is 1.75 bits per heavy atom. The first-order valence-electron chi connectivity index (χ1n) is 10.2. The van der Waals surface area contributed by atoms with Crippen molar-refractivity contribution in [1.82, 2.24) is 19.7 Å². The molecule has 0 aliphatic carbocycles. The summed E-state index contributed by atoms with van der Waals surface area (Å²) in [6, 6.07) is 7.87. The topological polar surface area (TPSA) is 85.2 Å². The number of ether oxygens (including phenoxy) is 2. The Morgan fingerprint density at radius 1 is 1.04 bits per heavy atom. The number of benzene rings is 1. The summed E-state index contributed by atoms with van der Waals surface area (Å²) in [6.07, 6.45) is 4.78. The van der Waals surface area contributed by atoms with E-state index in [4.69, 9.17) is 14.6 Å². The van der Waals surface area contributed by atoms with Crippen LogP contribution in [0.25, 0.3) is 17.0 Å². The number of nitrogens with zero attached hydrogens (tertiary/aromatic N) is 3. The number of fused-ring (bicyclic) bond motifs is 1. The second kappa shape index (κ2) is 7.56. The summed E-state index contributed by atoms with van der Waals surface area (Å²) in [6.45, 7) is 3.10. The van der Waals surface area contributed by atoms with Crippen molar-refractivity contribution in [2.24, 2.45) is 5.92 Å². The van der Waals surface area contributed by atoms with Gasteiger partial charge in [0, 0.05) is 37.9 Å². The molecule has 4 heterocycles. The van der Waals surface area contributed by atoms with Crippen molar-refractivity contribution >= 4 is 11.0 Å². The summed E-state index contributed by atoms with van der Waals surface area (Å²) in [4.78, 5) is 7.91. The zero-order valence-corrected chi connectivity index (χ0v) is 15.9. The van der Waals surface area contributed by atoms with Gasteiger partial charge in [0.1, 0.15) is 0 Å². The third kappa shape index (κ3) is 3.29. The fraction of sp³-hybridized carbons (Fsp3) is 0.524. The molecular weight excluding hydrogens is 356 g/mol. The highest BCUT2D eigenvalue weighted by atomic mass is 16.5. The molecule has 0 amide bonds. The van der Waals surface area contributed by atoms with Crippen LogP contribution in [0.15, 0.2) is 24.3 Å². The third-order valence-electron chi connectivity index (χ3n) is 6.01. The van der Waals surface area contributed by atoms with E-state index < -0.39 is 0 Å². The summed E-state index contributed by atoms with van der Waals surface area (Å²) >= 11 is 0. The molecule has 7 heteroatoms. The van der Waals surface area contributed by atoms with Crippen molar-refractivity contribution in [2.45, 2.75) is 38.0 Å². The Balaban J connectivity index is 1.55. The van der Waals surface area contributed by atoms with Gasteiger partial charge in [-0.3, -0.25) is 0 Å². The normalized spacial score (nSPS) is 19.4. The molecule has 0 saturated carbocycles. The first-order chi connectivity index (χ1) is 13.8. The minimum Gasteiger partial charge on any atom is -0.493 e. The van der Waals surface area contributed by atoms with Crippen molar-refractivity contribution in [3.8, 4) is 11.8 Å². The highest BCUT2D eigenvalue weighted by molar-refractivity contribution is 5.76. The van der Waals surface area contributed by atoms with E-state index in [1.165, 1.54) is 0 Å². The van der Waals surface area contributed by atoms with Crippen LogP contribution in [0.2, 0.25) is 0 Å². The van der Waals surface area contributed by atoms with Crippen molar-refractivity contribution in [3.63, 3.8) is 0 Å². The molecule has 2 aromatic heterocycles. The van der Waals surface area contributed by atoms with Crippen LogP contribution in [0.3, 0.4) is 0 Å². The quantitative estimate of drug-likeness (QED) is 0.723. The van der Waals surface area contributed by atoms with Crippen LogP contribution in [0.5, 0.6) is 5.88 Å². The molecule has 2 saturated heterocycles. The first-order valence-corrected chi connectivity index (χ1v) is 10.2. The molecule has 5 rings (SSSR count). The van der Waals surface area contributed by atoms with Crippen molar-refractivity contribution in [1.29, 1.82) is 0 Å². The van der Waals surface area contributed by atoms with Gasteiger partial charge >= 0.3 is 0 Å². The van der Waals surface area contributed by atoms with E-state index in [0.717, 1.165) is 80.8 Å². The van der Waals surface area contributed by atoms with Crippen molar-refractivity contribution in [3.05, 3.63) is 35.5 Å². The van der Waals surface area contributed by atoms with Crippen LogP contribution in [-0.4, -0.2) is 51.3 Å². The molecule has 0 atom stereocenters. The van der Waals surface area contributed by atoms with Crippen molar-refractivity contribution < 1.29 is 14.6 Å². The number of nitrogens with one attached hydrogen (secondary N) is 1. The molecule has 2 fully saturated rings. The van der Waals surface area contributed by atoms with Crippen LogP contribution in [0.1, 0.15) is 42.9 Å². The molecule has 3 aromatic rings. The molecule has 0 unspecified atom stereocenters. The lowest BCUT2D eigenvalue weighted by Crippen LogP contribution is -2.19. The van der Waals surface area contributed by atoms with Crippen LogP contribution >= 0.6 is 0 Å². The van der Waals surface area contributed by atoms with Gasteiger partial charge in [-0.05, 0) is 50.2 Å². The number of aromatic hydroxyl groups is 1. The van der Waals surface area contributed by atoms with E-state index in [1.807, 2.05) is 24.3 Å². The van der Waals surface area contributed by atoms with Crippen LogP contribution in [0, 0.1) is 5.92 Å². The summed E-state index contributed by atoms with van der Waals surface area (Å²) in [5.74, 6) is 1.61. The number of aromatic nitrogens is 4. The van der Waals surface area contributed by atoms with Gasteiger partial charge < -0.3 is 19.6 Å². The molecule has 0 bridgehead atoms. The van der Waals surface area contributed by atoms with E-state index in [1.54, 1.807) is 4.68 Å². The molecule has 2 aliphatic rings. The predicted molar refractivity (Wildman–Crippen MR) is 105 cm³/mol. The van der Waals surface area contributed by atoms with Crippen LogP contribution in [-0.2, 0) is 15.9 Å². The maximum Gasteiger partial charge on any atom is 0.232 e. The van der Waals surface area contributed by atoms with Crippen LogP contribution < -0.4 is 0 Å². The van der Waals surface area contributed by atoms with E-state index in [9.17, 15) is 5.11 Å². The summed E-state index contributed by atoms with van der Waals surface area (Å²) < 4.78 is 12.6. The SMILES string of the molecule is Oc1c(CC2CCOCC2)c(C2CCOCC2)nn1-c1nc2ccccc2[nH]1. The Bertz CT molecular complexity index is 919. The smallest absolute Gasteiger partial charge is 0.232 e. The molecule has 28 heavy (non-hydrogen) atoms. The molecule has 1 aromatic carbocycles. The summed E-state index contributed by atoms with van der Waals surface area (Å²) in [7, 11) is 0. The maximum atomic E-state index is 11.1. The Hall–Kier alpha value is -2.38. The predicted octanol–water partition coefficient (Wildman–Crippen LogP) is 3.32. The first kappa shape index (κ1) is 17.7. The molecular formula is C21H26N4O3. The average molecular weight is 382 g/mol. The van der Waals surface area contributed by atoms with Gasteiger partial charge in [-0.15, -0.1) is 0 Å². The number of aromatic amines is 1. The number of rotatable bonds is 4. The number of para-hydroxylation sites is 2. The second-order valence-corrected chi connectivity index (χ2v) is 7.82. The second-order valence-electron chi connectivity index (χ2n) is 7.82. The van der Waals surface area contributed by atoms with Crippen LogP contribution in [0.4, 0.5) is 0 Å². The summed E-state index contributed by atoms with van der Waals surface area (Å²) in [5.41, 5.74) is 3.78. The number of imidazole rings is 1. The van der Waals surface area contributed by atoms with Gasteiger partial charge in [0.05, 0.1) is 16.7 Å². The Kier molecular flexibility index (Phi) is 4.78. The lowest BCUT2D eigenvalue weighted by Gasteiger charge is -2.24. The largest absolute Gasteiger partial charge is 0.493 e. The van der Waals surface area contributed by atoms with E-state index in [2.05, 4.69) is 9.97 Å². The van der Waals surface area contributed by atoms with Gasteiger partial charge in [0.15, 0.2) is 0 Å². The van der Waals surface area contributed by atoms with Gasteiger partial charge in [-0.25, -0.2) is 4.98 Å². The van der Waals surface area contributed by atoms with E-state index in [-0.39, 0.29) is 5.88 Å². The molecule has 148 valence electrons. The average Bonchev–Trinajstić information content (AvgIpc) is 3.31. The van der Waals surface area contributed by atoms with E-state index >= 15 is 0 Å².